The summed E-state index contributed by atoms with van der Waals surface area (Å²) < 4.78 is 0. The highest BCUT2D eigenvalue weighted by molar-refractivity contribution is 5.15. The van der Waals surface area contributed by atoms with Gasteiger partial charge in [0.1, 0.15) is 0 Å². The van der Waals surface area contributed by atoms with Crippen LogP contribution in [0.2, 0.25) is 0 Å². The van der Waals surface area contributed by atoms with Gasteiger partial charge in [-0.05, 0) is 19.0 Å². The van der Waals surface area contributed by atoms with Crippen LogP contribution in [0, 0.1) is 0 Å². The van der Waals surface area contributed by atoms with E-state index in [2.05, 4.69) is 17.4 Å². The molecule has 1 atom stereocenters. The highest BCUT2D eigenvalue weighted by Crippen LogP contribution is 2.01. The Labute approximate surface area is 87.0 Å². The van der Waals surface area contributed by atoms with Crippen molar-refractivity contribution >= 4 is 0 Å². The summed E-state index contributed by atoms with van der Waals surface area (Å²) in [6, 6.07) is 10.3. The van der Waals surface area contributed by atoms with Crippen molar-refractivity contribution < 1.29 is 5.11 Å². The molecule has 0 aromatic heterocycles. The number of nitrogens with one attached hydrogen (secondary N) is 1. The maximum absolute atomic E-state index is 8.92. The summed E-state index contributed by atoms with van der Waals surface area (Å²) in [7, 11) is 1.86. The quantitative estimate of drug-likeness (QED) is 0.768. The summed E-state index contributed by atoms with van der Waals surface area (Å²) in [5, 5.41) is 12.0. The fourth-order valence-corrected chi connectivity index (χ4v) is 1.16. The molecule has 0 aliphatic carbocycles. The molecule has 0 amide bonds. The topological polar surface area (TPSA) is 32.3 Å². The van der Waals surface area contributed by atoms with Gasteiger partial charge in [0, 0.05) is 6.04 Å². The molecule has 2 nitrogen and oxygen atoms in total. The number of benzene rings is 1. The van der Waals surface area contributed by atoms with Gasteiger partial charge in [0.05, 0.1) is 6.61 Å². The Bertz CT molecular complexity index is 207. The lowest BCUT2D eigenvalue weighted by molar-refractivity contribution is 0.248. The predicted octanol–water partition coefficient (Wildman–Crippen LogP) is 1.84. The van der Waals surface area contributed by atoms with Crippen LogP contribution in [0.4, 0.5) is 0 Å². The summed E-state index contributed by atoms with van der Waals surface area (Å²) in [5.41, 5.74) is 1.26. The fraction of sp³-hybridized carbons (Fsp3) is 0.500. The Kier molecular flexibility index (Phi) is 8.19. The summed E-state index contributed by atoms with van der Waals surface area (Å²) in [4.78, 5) is 0. The van der Waals surface area contributed by atoms with Crippen LogP contribution in [0.1, 0.15) is 19.4 Å². The number of hydrogen-bond donors (Lipinski definition) is 2. The van der Waals surface area contributed by atoms with E-state index in [9.17, 15) is 0 Å². The third kappa shape index (κ3) is 5.00. The molecule has 1 rings (SSSR count). The van der Waals surface area contributed by atoms with Crippen molar-refractivity contribution in [1.29, 1.82) is 0 Å². The van der Waals surface area contributed by atoms with Crippen molar-refractivity contribution in [2.24, 2.45) is 0 Å². The minimum Gasteiger partial charge on any atom is -0.395 e. The molecule has 0 spiro atoms. The highest BCUT2D eigenvalue weighted by atomic mass is 16.3. The molecule has 0 aliphatic heterocycles. The van der Waals surface area contributed by atoms with Gasteiger partial charge in [-0.2, -0.15) is 0 Å². The van der Waals surface area contributed by atoms with Crippen LogP contribution >= 0.6 is 0 Å². The van der Waals surface area contributed by atoms with Crippen LogP contribution in [0.5, 0.6) is 0 Å². The zero-order chi connectivity index (χ0) is 10.8. The minimum absolute atomic E-state index is 0.174. The standard InChI is InChI=1S/C10H15NO.C2H6/c1-11-10(8-12)7-9-5-3-2-4-6-9;1-2/h2-6,10-12H,7-8H2,1H3;1-2H3. The van der Waals surface area contributed by atoms with E-state index in [-0.39, 0.29) is 12.6 Å². The molecule has 0 saturated heterocycles. The normalized spacial score (nSPS) is 11.4. The van der Waals surface area contributed by atoms with E-state index >= 15 is 0 Å². The zero-order valence-electron chi connectivity index (χ0n) is 9.33. The molecule has 0 bridgehead atoms. The van der Waals surface area contributed by atoms with Crippen molar-refractivity contribution in [2.75, 3.05) is 13.7 Å². The molecule has 1 unspecified atom stereocenters. The van der Waals surface area contributed by atoms with Crippen LogP contribution in [0.25, 0.3) is 0 Å². The third-order valence-corrected chi connectivity index (χ3v) is 1.95. The Morgan fingerprint density at radius 3 is 2.21 bits per heavy atom. The second-order valence-electron chi connectivity index (χ2n) is 2.86. The van der Waals surface area contributed by atoms with E-state index in [4.69, 9.17) is 5.11 Å². The van der Waals surface area contributed by atoms with Gasteiger partial charge in [-0.1, -0.05) is 44.2 Å². The van der Waals surface area contributed by atoms with E-state index < -0.39 is 0 Å². The first kappa shape index (κ1) is 13.1. The van der Waals surface area contributed by atoms with Crippen LogP contribution < -0.4 is 5.32 Å². The minimum atomic E-state index is 0.174. The first-order valence-corrected chi connectivity index (χ1v) is 5.19. The largest absolute Gasteiger partial charge is 0.395 e. The molecule has 2 heteroatoms. The molecule has 0 heterocycles. The molecule has 2 N–H and O–H groups in total. The summed E-state index contributed by atoms with van der Waals surface area (Å²) >= 11 is 0. The molecule has 80 valence electrons. The second-order valence-corrected chi connectivity index (χ2v) is 2.86. The molecule has 14 heavy (non-hydrogen) atoms. The van der Waals surface area contributed by atoms with Gasteiger partial charge in [-0.15, -0.1) is 0 Å². The van der Waals surface area contributed by atoms with Gasteiger partial charge in [0.15, 0.2) is 0 Å². The van der Waals surface area contributed by atoms with E-state index in [1.54, 1.807) is 0 Å². The molecule has 0 saturated carbocycles. The van der Waals surface area contributed by atoms with Crippen molar-refractivity contribution in [2.45, 2.75) is 26.3 Å². The van der Waals surface area contributed by atoms with Crippen LogP contribution in [0.3, 0.4) is 0 Å². The smallest absolute Gasteiger partial charge is 0.0587 e. The zero-order valence-corrected chi connectivity index (χ0v) is 9.33. The maximum Gasteiger partial charge on any atom is 0.0587 e. The Morgan fingerprint density at radius 2 is 1.79 bits per heavy atom. The SMILES string of the molecule is CC.CNC(CO)Cc1ccccc1. The van der Waals surface area contributed by atoms with Crippen molar-refractivity contribution in [1.82, 2.24) is 5.32 Å². The predicted molar refractivity (Wildman–Crippen MR) is 61.4 cm³/mol. The lowest BCUT2D eigenvalue weighted by Crippen LogP contribution is -2.31. The van der Waals surface area contributed by atoms with Gasteiger partial charge < -0.3 is 10.4 Å². The van der Waals surface area contributed by atoms with Crippen molar-refractivity contribution in [3.63, 3.8) is 0 Å². The molecule has 0 fully saturated rings. The van der Waals surface area contributed by atoms with Gasteiger partial charge in [-0.3, -0.25) is 0 Å². The van der Waals surface area contributed by atoms with E-state index in [1.165, 1.54) is 5.56 Å². The number of rotatable bonds is 4. The van der Waals surface area contributed by atoms with Gasteiger partial charge in [-0.25, -0.2) is 0 Å². The number of aliphatic hydroxyl groups is 1. The summed E-state index contributed by atoms with van der Waals surface area (Å²) in [6.45, 7) is 4.19. The molecular formula is C12H21NO. The lowest BCUT2D eigenvalue weighted by atomic mass is 10.1. The Morgan fingerprint density at radius 1 is 1.21 bits per heavy atom. The first-order valence-electron chi connectivity index (χ1n) is 5.19. The fourth-order valence-electron chi connectivity index (χ4n) is 1.16. The lowest BCUT2D eigenvalue weighted by Gasteiger charge is -2.12. The molecule has 0 radical (unpaired) electrons. The van der Waals surface area contributed by atoms with E-state index in [0.717, 1.165) is 6.42 Å². The van der Waals surface area contributed by atoms with Gasteiger partial charge >= 0.3 is 0 Å². The average molecular weight is 195 g/mol. The summed E-state index contributed by atoms with van der Waals surface area (Å²) in [6.07, 6.45) is 0.883. The van der Waals surface area contributed by atoms with Gasteiger partial charge in [0.2, 0.25) is 0 Å². The number of aliphatic hydroxyl groups excluding tert-OH is 1. The molecular weight excluding hydrogens is 174 g/mol. The first-order chi connectivity index (χ1) is 6.86. The van der Waals surface area contributed by atoms with Crippen LogP contribution in [0.15, 0.2) is 30.3 Å². The third-order valence-electron chi connectivity index (χ3n) is 1.95. The van der Waals surface area contributed by atoms with Crippen LogP contribution in [-0.2, 0) is 6.42 Å². The highest BCUT2D eigenvalue weighted by Gasteiger charge is 2.03. The molecule has 0 aliphatic rings. The maximum atomic E-state index is 8.92. The summed E-state index contributed by atoms with van der Waals surface area (Å²) in [5.74, 6) is 0. The van der Waals surface area contributed by atoms with E-state index in [0.29, 0.717) is 0 Å². The molecule has 1 aromatic rings. The monoisotopic (exact) mass is 195 g/mol. The van der Waals surface area contributed by atoms with E-state index in [1.807, 2.05) is 39.1 Å². The molecule has 1 aromatic carbocycles. The average Bonchev–Trinajstić information content (AvgIpc) is 2.30. The Hall–Kier alpha value is -0.860. The van der Waals surface area contributed by atoms with Crippen molar-refractivity contribution in [3.05, 3.63) is 35.9 Å². The number of hydrogen-bond acceptors (Lipinski definition) is 2. The van der Waals surface area contributed by atoms with Crippen molar-refractivity contribution in [3.8, 4) is 0 Å². The Balaban J connectivity index is 0.000000791. The van der Waals surface area contributed by atoms with Crippen LogP contribution in [-0.4, -0.2) is 24.8 Å². The van der Waals surface area contributed by atoms with Gasteiger partial charge in [0.25, 0.3) is 0 Å². The number of likely N-dealkylation sites (N-methyl/N-ethyl adjacent to an activating group) is 1. The second kappa shape index (κ2) is 8.73.